The van der Waals surface area contributed by atoms with E-state index < -0.39 is 8.07 Å². The fraction of sp³-hybridized carbons (Fsp3) is 0.190. The molecule has 2 nitrogen and oxygen atoms in total. The third-order valence-corrected chi connectivity index (χ3v) is 10.1. The maximum absolute atomic E-state index is 11.6. The second kappa shape index (κ2) is 7.01. The molecule has 3 rings (SSSR count). The maximum atomic E-state index is 11.6. The highest BCUT2D eigenvalue weighted by Gasteiger charge is 2.48. The highest BCUT2D eigenvalue weighted by Crippen LogP contribution is 2.36. The van der Waals surface area contributed by atoms with Crippen LogP contribution in [0, 0.1) is 0 Å². The molecule has 1 aliphatic heterocycles. The number of hydrogen-bond donors (Lipinski definition) is 0. The molecular weight excluding hydrogens is 312 g/mol. The molecule has 0 fully saturated rings. The van der Waals surface area contributed by atoms with E-state index in [1.807, 2.05) is 24.3 Å². The van der Waals surface area contributed by atoms with E-state index in [0.717, 1.165) is 6.04 Å². The Labute approximate surface area is 144 Å². The van der Waals surface area contributed by atoms with Gasteiger partial charge in [-0.2, -0.15) is 0 Å². The third kappa shape index (κ3) is 2.87. The van der Waals surface area contributed by atoms with Crippen molar-refractivity contribution >= 4 is 24.4 Å². The van der Waals surface area contributed by atoms with Crippen LogP contribution in [0.25, 0.3) is 0 Å². The van der Waals surface area contributed by atoms with Crippen LogP contribution in [0.1, 0.15) is 6.92 Å². The average molecular weight is 334 g/mol. The quantitative estimate of drug-likeness (QED) is 0.487. The molecule has 0 radical (unpaired) electrons. The van der Waals surface area contributed by atoms with E-state index >= 15 is 0 Å². The minimum Gasteiger partial charge on any atom is -0.458 e. The number of carbonyl (C=O) groups excluding carboxylic acids is 1. The molecule has 0 bridgehead atoms. The number of esters is 1. The van der Waals surface area contributed by atoms with Crippen LogP contribution < -0.4 is 10.4 Å². The van der Waals surface area contributed by atoms with Crippen LogP contribution in [0.2, 0.25) is 11.6 Å². The zero-order valence-corrected chi connectivity index (χ0v) is 14.9. The van der Waals surface area contributed by atoms with Crippen LogP contribution in [-0.4, -0.2) is 20.1 Å². The Hall–Kier alpha value is -2.39. The molecule has 0 N–H and O–H groups in total. The van der Waals surface area contributed by atoms with Crippen molar-refractivity contribution in [1.82, 2.24) is 0 Å². The van der Waals surface area contributed by atoms with Crippen molar-refractivity contribution < 1.29 is 9.53 Å². The number of allylic oxidation sites excluding steroid dienone is 1. The van der Waals surface area contributed by atoms with E-state index in [4.69, 9.17) is 4.74 Å². The molecule has 2 atom stereocenters. The average Bonchev–Trinajstić information content (AvgIpc) is 2.62. The lowest BCUT2D eigenvalue weighted by Crippen LogP contribution is -2.64. The van der Waals surface area contributed by atoms with Crippen LogP contribution in [0.15, 0.2) is 85.5 Å². The van der Waals surface area contributed by atoms with Gasteiger partial charge in [0, 0.05) is 12.5 Å². The Morgan fingerprint density at radius 1 is 1.08 bits per heavy atom. The van der Waals surface area contributed by atoms with Gasteiger partial charge in [-0.05, 0) is 12.1 Å². The van der Waals surface area contributed by atoms with Crippen molar-refractivity contribution in [2.24, 2.45) is 0 Å². The van der Waals surface area contributed by atoms with Crippen LogP contribution in [-0.2, 0) is 9.53 Å². The van der Waals surface area contributed by atoms with E-state index in [1.165, 1.54) is 17.3 Å². The fourth-order valence-corrected chi connectivity index (χ4v) is 8.89. The molecule has 3 heteroatoms. The number of carbonyl (C=O) groups is 1. The van der Waals surface area contributed by atoms with Crippen molar-refractivity contribution in [3.05, 3.63) is 85.5 Å². The molecule has 122 valence electrons. The lowest BCUT2D eigenvalue weighted by atomic mass is 10.2. The van der Waals surface area contributed by atoms with E-state index in [9.17, 15) is 4.79 Å². The third-order valence-electron chi connectivity index (χ3n) is 4.82. The summed E-state index contributed by atoms with van der Waals surface area (Å²) in [7, 11) is -2.18. The first kappa shape index (κ1) is 16.5. The second-order valence-corrected chi connectivity index (χ2v) is 10.3. The molecule has 1 heterocycles. The summed E-state index contributed by atoms with van der Waals surface area (Å²) in [6.45, 7) is 5.57. The minimum absolute atomic E-state index is 0.108. The topological polar surface area (TPSA) is 26.3 Å². The van der Waals surface area contributed by atoms with Gasteiger partial charge in [0.15, 0.2) is 0 Å². The van der Waals surface area contributed by atoms with Crippen molar-refractivity contribution in [2.45, 2.75) is 24.6 Å². The Kier molecular flexibility index (Phi) is 4.81. The Morgan fingerprint density at radius 2 is 1.62 bits per heavy atom. The lowest BCUT2D eigenvalue weighted by molar-refractivity contribution is -0.144. The van der Waals surface area contributed by atoms with Crippen molar-refractivity contribution in [3.8, 4) is 0 Å². The number of hydrogen-bond acceptors (Lipinski definition) is 2. The molecule has 0 amide bonds. The standard InChI is InChI=1S/C21H22O2Si/c1-3-21-20(23-17(2)22)15-10-16-24(21,18-11-6-4-7-12-18)19-13-8-5-9-14-19/h3-15,20-21H,1,16H2,2H3/t20-,21+/m1/s1. The zero-order valence-electron chi connectivity index (χ0n) is 13.9. The van der Waals surface area contributed by atoms with Gasteiger partial charge in [-0.15, -0.1) is 6.58 Å². The zero-order chi connectivity index (χ0) is 17.0. The summed E-state index contributed by atoms with van der Waals surface area (Å²) in [6.07, 6.45) is 5.94. The Morgan fingerprint density at radius 3 is 2.08 bits per heavy atom. The predicted molar refractivity (Wildman–Crippen MR) is 101 cm³/mol. The molecule has 0 spiro atoms. The Bertz CT molecular complexity index is 697. The normalized spacial score (nSPS) is 21.9. The molecule has 0 unspecified atom stereocenters. The first-order valence-corrected chi connectivity index (χ1v) is 10.5. The number of benzene rings is 2. The minimum atomic E-state index is -2.18. The molecule has 2 aromatic rings. The summed E-state index contributed by atoms with van der Waals surface area (Å²) in [6, 6.07) is 22.3. The van der Waals surface area contributed by atoms with Gasteiger partial charge in [0.05, 0.1) is 0 Å². The first-order valence-electron chi connectivity index (χ1n) is 8.26. The SMILES string of the molecule is C=C[C@H]1[C@H](OC(C)=O)C=CC[Si]1(c1ccccc1)c1ccccc1. The molecule has 2 aromatic carbocycles. The van der Waals surface area contributed by atoms with Gasteiger partial charge in [-0.1, -0.05) is 83.2 Å². The van der Waals surface area contributed by atoms with E-state index in [-0.39, 0.29) is 17.6 Å². The molecule has 0 saturated carbocycles. The summed E-state index contributed by atoms with van der Waals surface area (Å²) >= 11 is 0. The molecule has 0 aromatic heterocycles. The van der Waals surface area contributed by atoms with Gasteiger partial charge in [-0.25, -0.2) is 0 Å². The maximum Gasteiger partial charge on any atom is 0.303 e. The summed E-state index contributed by atoms with van der Waals surface area (Å²) in [5, 5.41) is 2.70. The number of ether oxygens (including phenoxy) is 1. The predicted octanol–water partition coefficient (Wildman–Crippen LogP) is 3.31. The van der Waals surface area contributed by atoms with E-state index in [0.29, 0.717) is 0 Å². The van der Waals surface area contributed by atoms with Crippen LogP contribution in [0.5, 0.6) is 0 Å². The van der Waals surface area contributed by atoms with Gasteiger partial charge < -0.3 is 4.74 Å². The van der Waals surface area contributed by atoms with Gasteiger partial charge in [0.2, 0.25) is 0 Å². The van der Waals surface area contributed by atoms with Gasteiger partial charge in [-0.3, -0.25) is 4.79 Å². The summed E-state index contributed by atoms with van der Waals surface area (Å²) in [5.41, 5.74) is 0.108. The van der Waals surface area contributed by atoms with Crippen molar-refractivity contribution in [3.63, 3.8) is 0 Å². The van der Waals surface area contributed by atoms with Crippen molar-refractivity contribution in [2.75, 3.05) is 0 Å². The second-order valence-electron chi connectivity index (χ2n) is 6.17. The smallest absolute Gasteiger partial charge is 0.303 e. The number of rotatable bonds is 4. The van der Waals surface area contributed by atoms with Crippen LogP contribution in [0.4, 0.5) is 0 Å². The van der Waals surface area contributed by atoms with E-state index in [1.54, 1.807) is 0 Å². The monoisotopic (exact) mass is 334 g/mol. The molecule has 0 saturated heterocycles. The molecular formula is C21H22O2Si. The van der Waals surface area contributed by atoms with Crippen LogP contribution in [0.3, 0.4) is 0 Å². The van der Waals surface area contributed by atoms with Gasteiger partial charge >= 0.3 is 5.97 Å². The molecule has 1 aliphatic rings. The fourth-order valence-electron chi connectivity index (χ4n) is 3.82. The lowest BCUT2D eigenvalue weighted by Gasteiger charge is -2.43. The van der Waals surface area contributed by atoms with E-state index in [2.05, 4.69) is 61.2 Å². The highest BCUT2D eigenvalue weighted by molar-refractivity contribution is 7.04. The molecule has 0 aliphatic carbocycles. The van der Waals surface area contributed by atoms with Crippen LogP contribution >= 0.6 is 0 Å². The summed E-state index contributed by atoms with van der Waals surface area (Å²) in [4.78, 5) is 11.6. The Balaban J connectivity index is 2.19. The van der Waals surface area contributed by atoms with Gasteiger partial charge in [0.25, 0.3) is 0 Å². The summed E-state index contributed by atoms with van der Waals surface area (Å²) < 4.78 is 5.63. The van der Waals surface area contributed by atoms with Crippen molar-refractivity contribution in [1.29, 1.82) is 0 Å². The molecule has 24 heavy (non-hydrogen) atoms. The first-order chi connectivity index (χ1) is 11.7. The highest BCUT2D eigenvalue weighted by atomic mass is 28.3. The summed E-state index contributed by atoms with van der Waals surface area (Å²) in [5.74, 6) is -0.248. The van der Waals surface area contributed by atoms with Gasteiger partial charge in [0.1, 0.15) is 14.2 Å². The largest absolute Gasteiger partial charge is 0.458 e.